The first-order valence-electron chi connectivity index (χ1n) is 6.11. The SMILES string of the molecule is O=C(Nc1cc(Cl)cc2cccnc12)c1ccc(F)nc1. The first-order valence-corrected chi connectivity index (χ1v) is 6.48. The molecule has 0 aliphatic carbocycles. The molecule has 0 aliphatic heterocycles. The monoisotopic (exact) mass is 301 g/mol. The molecule has 3 rings (SSSR count). The van der Waals surface area contributed by atoms with E-state index in [1.807, 2.05) is 6.07 Å². The lowest BCUT2D eigenvalue weighted by Gasteiger charge is -2.08. The molecule has 21 heavy (non-hydrogen) atoms. The van der Waals surface area contributed by atoms with E-state index in [1.165, 1.54) is 12.3 Å². The van der Waals surface area contributed by atoms with E-state index in [1.54, 1.807) is 24.4 Å². The lowest BCUT2D eigenvalue weighted by molar-refractivity contribution is 0.102. The Hall–Kier alpha value is -2.53. The molecule has 2 aromatic heterocycles. The van der Waals surface area contributed by atoms with Gasteiger partial charge in [0.15, 0.2) is 0 Å². The Morgan fingerprint density at radius 2 is 2.05 bits per heavy atom. The molecule has 0 atom stereocenters. The number of nitrogens with one attached hydrogen (secondary N) is 1. The molecule has 0 unspecified atom stereocenters. The summed E-state index contributed by atoms with van der Waals surface area (Å²) in [4.78, 5) is 19.8. The van der Waals surface area contributed by atoms with E-state index in [-0.39, 0.29) is 5.56 Å². The van der Waals surface area contributed by atoms with Crippen molar-refractivity contribution in [1.82, 2.24) is 9.97 Å². The molecule has 0 saturated heterocycles. The number of carbonyl (C=O) groups is 1. The molecule has 104 valence electrons. The summed E-state index contributed by atoms with van der Waals surface area (Å²) >= 11 is 6.03. The van der Waals surface area contributed by atoms with Gasteiger partial charge in [0.05, 0.1) is 16.8 Å². The van der Waals surface area contributed by atoms with Crippen LogP contribution in [0.25, 0.3) is 10.9 Å². The summed E-state index contributed by atoms with van der Waals surface area (Å²) in [6.45, 7) is 0. The number of carbonyl (C=O) groups excluding carboxylic acids is 1. The van der Waals surface area contributed by atoms with Gasteiger partial charge in [0.1, 0.15) is 0 Å². The average Bonchev–Trinajstić information content (AvgIpc) is 2.47. The minimum atomic E-state index is -0.638. The second-order valence-electron chi connectivity index (χ2n) is 4.35. The third kappa shape index (κ3) is 2.83. The highest BCUT2D eigenvalue weighted by Crippen LogP contribution is 2.26. The molecular weight excluding hydrogens is 293 g/mol. The van der Waals surface area contributed by atoms with Gasteiger partial charge in [-0.15, -0.1) is 0 Å². The van der Waals surface area contributed by atoms with Crippen molar-refractivity contribution in [3.05, 3.63) is 65.3 Å². The Bertz CT molecular complexity index is 821. The number of hydrogen-bond acceptors (Lipinski definition) is 3. The number of hydrogen-bond donors (Lipinski definition) is 1. The quantitative estimate of drug-likeness (QED) is 0.735. The fourth-order valence-electron chi connectivity index (χ4n) is 1.96. The fourth-order valence-corrected chi connectivity index (χ4v) is 2.18. The van der Waals surface area contributed by atoms with E-state index in [2.05, 4.69) is 15.3 Å². The van der Waals surface area contributed by atoms with Crippen LogP contribution in [0.3, 0.4) is 0 Å². The first kappa shape index (κ1) is 13.5. The van der Waals surface area contributed by atoms with Gasteiger partial charge in [-0.25, -0.2) is 4.98 Å². The van der Waals surface area contributed by atoms with Gasteiger partial charge in [-0.05, 0) is 30.3 Å². The highest BCUT2D eigenvalue weighted by Gasteiger charge is 2.10. The molecule has 1 N–H and O–H groups in total. The second kappa shape index (κ2) is 5.46. The molecule has 0 bridgehead atoms. The van der Waals surface area contributed by atoms with E-state index in [0.717, 1.165) is 11.5 Å². The summed E-state index contributed by atoms with van der Waals surface area (Å²) in [5.41, 5.74) is 1.37. The van der Waals surface area contributed by atoms with Gasteiger partial charge in [0.25, 0.3) is 5.91 Å². The summed E-state index contributed by atoms with van der Waals surface area (Å²) in [5, 5.41) is 4.02. The summed E-state index contributed by atoms with van der Waals surface area (Å²) < 4.78 is 12.8. The number of nitrogens with zero attached hydrogens (tertiary/aromatic N) is 2. The minimum absolute atomic E-state index is 0.250. The van der Waals surface area contributed by atoms with Crippen LogP contribution in [0, 0.1) is 5.95 Å². The van der Waals surface area contributed by atoms with Crippen molar-refractivity contribution < 1.29 is 9.18 Å². The van der Waals surface area contributed by atoms with Crippen LogP contribution in [0.2, 0.25) is 5.02 Å². The number of aromatic nitrogens is 2. The van der Waals surface area contributed by atoms with Crippen molar-refractivity contribution in [1.29, 1.82) is 0 Å². The summed E-state index contributed by atoms with van der Waals surface area (Å²) in [5.74, 6) is -1.04. The molecule has 6 heteroatoms. The van der Waals surface area contributed by atoms with Crippen LogP contribution in [0.4, 0.5) is 10.1 Å². The van der Waals surface area contributed by atoms with E-state index < -0.39 is 11.9 Å². The zero-order valence-electron chi connectivity index (χ0n) is 10.7. The Morgan fingerprint density at radius 1 is 1.19 bits per heavy atom. The zero-order valence-corrected chi connectivity index (χ0v) is 11.4. The first-order chi connectivity index (χ1) is 10.1. The van der Waals surface area contributed by atoms with E-state index in [9.17, 15) is 9.18 Å². The maximum Gasteiger partial charge on any atom is 0.257 e. The highest BCUT2D eigenvalue weighted by molar-refractivity contribution is 6.32. The van der Waals surface area contributed by atoms with Crippen LogP contribution in [0.15, 0.2) is 48.8 Å². The van der Waals surface area contributed by atoms with Gasteiger partial charge in [0.2, 0.25) is 5.95 Å². The van der Waals surface area contributed by atoms with Crippen LogP contribution in [0.5, 0.6) is 0 Å². The largest absolute Gasteiger partial charge is 0.320 e. The average molecular weight is 302 g/mol. The van der Waals surface area contributed by atoms with Crippen LogP contribution < -0.4 is 5.32 Å². The third-order valence-electron chi connectivity index (χ3n) is 2.91. The van der Waals surface area contributed by atoms with Crippen LogP contribution in [-0.2, 0) is 0 Å². The lowest BCUT2D eigenvalue weighted by atomic mass is 10.2. The Morgan fingerprint density at radius 3 is 2.81 bits per heavy atom. The number of halogens is 2. The van der Waals surface area contributed by atoms with Crippen molar-refractivity contribution >= 4 is 34.1 Å². The van der Waals surface area contributed by atoms with Crippen molar-refractivity contribution in [2.24, 2.45) is 0 Å². The Kier molecular flexibility index (Phi) is 3.50. The van der Waals surface area contributed by atoms with Gasteiger partial charge < -0.3 is 5.32 Å². The van der Waals surface area contributed by atoms with Gasteiger partial charge in [-0.1, -0.05) is 17.7 Å². The number of anilines is 1. The number of amides is 1. The number of pyridine rings is 2. The third-order valence-corrected chi connectivity index (χ3v) is 3.13. The maximum absolute atomic E-state index is 12.8. The summed E-state index contributed by atoms with van der Waals surface area (Å²) in [7, 11) is 0. The molecular formula is C15H9ClFN3O. The predicted molar refractivity (Wildman–Crippen MR) is 78.9 cm³/mol. The van der Waals surface area contributed by atoms with E-state index in [4.69, 9.17) is 11.6 Å². The molecule has 1 amide bonds. The molecule has 4 nitrogen and oxygen atoms in total. The van der Waals surface area contributed by atoms with Crippen molar-refractivity contribution in [2.75, 3.05) is 5.32 Å². The van der Waals surface area contributed by atoms with Gasteiger partial charge in [-0.2, -0.15) is 4.39 Å². The zero-order chi connectivity index (χ0) is 14.8. The Balaban J connectivity index is 1.98. The molecule has 0 spiro atoms. The fraction of sp³-hybridized carbons (Fsp3) is 0. The molecule has 0 saturated carbocycles. The van der Waals surface area contributed by atoms with Crippen LogP contribution in [0.1, 0.15) is 10.4 Å². The maximum atomic E-state index is 12.8. The van der Waals surface area contributed by atoms with E-state index in [0.29, 0.717) is 16.2 Å². The molecule has 0 radical (unpaired) electrons. The predicted octanol–water partition coefficient (Wildman–Crippen LogP) is 3.67. The lowest BCUT2D eigenvalue weighted by Crippen LogP contribution is -2.13. The molecule has 3 aromatic rings. The van der Waals surface area contributed by atoms with Gasteiger partial charge in [-0.3, -0.25) is 9.78 Å². The van der Waals surface area contributed by atoms with Gasteiger partial charge in [0, 0.05) is 22.8 Å². The van der Waals surface area contributed by atoms with Crippen molar-refractivity contribution in [2.45, 2.75) is 0 Å². The van der Waals surface area contributed by atoms with Gasteiger partial charge >= 0.3 is 0 Å². The van der Waals surface area contributed by atoms with Crippen molar-refractivity contribution in [3.8, 4) is 0 Å². The topological polar surface area (TPSA) is 54.9 Å². The molecule has 1 aromatic carbocycles. The summed E-state index contributed by atoms with van der Waals surface area (Å²) in [6, 6.07) is 9.50. The van der Waals surface area contributed by atoms with Crippen LogP contribution in [-0.4, -0.2) is 15.9 Å². The second-order valence-corrected chi connectivity index (χ2v) is 4.79. The number of fused-ring (bicyclic) bond motifs is 1. The van der Waals surface area contributed by atoms with Crippen LogP contribution >= 0.6 is 11.6 Å². The normalized spacial score (nSPS) is 10.6. The van der Waals surface area contributed by atoms with E-state index >= 15 is 0 Å². The highest BCUT2D eigenvalue weighted by atomic mass is 35.5. The Labute approximate surface area is 124 Å². The number of benzene rings is 1. The number of rotatable bonds is 2. The van der Waals surface area contributed by atoms with Crippen molar-refractivity contribution in [3.63, 3.8) is 0 Å². The molecule has 0 fully saturated rings. The standard InChI is InChI=1S/C15H9ClFN3O/c16-11-6-9-2-1-5-18-14(9)12(7-11)20-15(21)10-3-4-13(17)19-8-10/h1-8H,(H,20,21). The minimum Gasteiger partial charge on any atom is -0.320 e. The molecule has 2 heterocycles. The molecule has 0 aliphatic rings. The summed E-state index contributed by atoms with van der Waals surface area (Å²) in [6.07, 6.45) is 2.80. The smallest absolute Gasteiger partial charge is 0.257 e.